The molecule has 1 atom stereocenters. The van der Waals surface area contributed by atoms with Gasteiger partial charge in [0.1, 0.15) is 0 Å². The van der Waals surface area contributed by atoms with Crippen molar-refractivity contribution >= 4 is 0 Å². The lowest BCUT2D eigenvalue weighted by atomic mass is 10.0. The predicted molar refractivity (Wildman–Crippen MR) is 39.7 cm³/mol. The van der Waals surface area contributed by atoms with Crippen LogP contribution in [0.25, 0.3) is 0 Å². The van der Waals surface area contributed by atoms with Gasteiger partial charge < -0.3 is 9.47 Å². The van der Waals surface area contributed by atoms with E-state index in [4.69, 9.17) is 9.47 Å². The van der Waals surface area contributed by atoms with E-state index < -0.39 is 0 Å². The minimum absolute atomic E-state index is 0.577. The first kappa shape index (κ1) is 7.61. The second kappa shape index (κ2) is 4.34. The Morgan fingerprint density at radius 2 is 2.50 bits per heavy atom. The highest BCUT2D eigenvalue weighted by molar-refractivity contribution is 4.84. The zero-order chi connectivity index (χ0) is 7.23. The van der Waals surface area contributed by atoms with Crippen molar-refractivity contribution in [3.63, 3.8) is 0 Å². The molecular weight excluding hydrogens is 128 g/mol. The molecule has 0 aromatic carbocycles. The molecule has 2 nitrogen and oxygen atoms in total. The second-order valence-corrected chi connectivity index (χ2v) is 2.54. The van der Waals surface area contributed by atoms with Gasteiger partial charge >= 0.3 is 0 Å². The fraction of sp³-hybridized carbons (Fsp3) is 0.750. The lowest BCUT2D eigenvalue weighted by Crippen LogP contribution is -2.14. The first-order valence-electron chi connectivity index (χ1n) is 3.70. The van der Waals surface area contributed by atoms with Crippen LogP contribution in [0.2, 0.25) is 0 Å². The molecule has 0 aromatic rings. The van der Waals surface area contributed by atoms with Gasteiger partial charge in [0.25, 0.3) is 0 Å². The minimum atomic E-state index is 0.577. The molecule has 0 aliphatic carbocycles. The SMILES string of the molecule is CO/C=C/C1CCCOC1. The van der Waals surface area contributed by atoms with Crippen molar-refractivity contribution in [2.24, 2.45) is 5.92 Å². The molecule has 58 valence electrons. The molecule has 0 radical (unpaired) electrons. The quantitative estimate of drug-likeness (QED) is 0.545. The van der Waals surface area contributed by atoms with E-state index >= 15 is 0 Å². The summed E-state index contributed by atoms with van der Waals surface area (Å²) >= 11 is 0. The number of hydrogen-bond acceptors (Lipinski definition) is 2. The monoisotopic (exact) mass is 142 g/mol. The van der Waals surface area contributed by atoms with E-state index in [0.717, 1.165) is 13.2 Å². The third-order valence-electron chi connectivity index (χ3n) is 1.68. The third kappa shape index (κ3) is 2.40. The summed E-state index contributed by atoms with van der Waals surface area (Å²) in [5, 5.41) is 0. The fourth-order valence-corrected chi connectivity index (χ4v) is 1.11. The molecule has 1 unspecified atom stereocenters. The first-order chi connectivity index (χ1) is 4.93. The van der Waals surface area contributed by atoms with Crippen LogP contribution in [0.15, 0.2) is 12.3 Å². The Bertz CT molecular complexity index is 104. The molecule has 0 aromatic heterocycles. The fourth-order valence-electron chi connectivity index (χ4n) is 1.11. The summed E-state index contributed by atoms with van der Waals surface area (Å²) in [5.74, 6) is 0.577. The van der Waals surface area contributed by atoms with E-state index in [2.05, 4.69) is 6.08 Å². The summed E-state index contributed by atoms with van der Waals surface area (Å²) in [5.41, 5.74) is 0. The molecule has 1 rings (SSSR count). The summed E-state index contributed by atoms with van der Waals surface area (Å²) in [6.07, 6.45) is 6.22. The van der Waals surface area contributed by atoms with E-state index in [-0.39, 0.29) is 0 Å². The summed E-state index contributed by atoms with van der Waals surface area (Å²) in [4.78, 5) is 0. The Balaban J connectivity index is 2.19. The topological polar surface area (TPSA) is 18.5 Å². The zero-order valence-corrected chi connectivity index (χ0v) is 6.38. The summed E-state index contributed by atoms with van der Waals surface area (Å²) in [6.45, 7) is 1.79. The smallest absolute Gasteiger partial charge is 0.0788 e. The molecule has 0 amide bonds. The maximum absolute atomic E-state index is 5.27. The Hall–Kier alpha value is -0.500. The highest BCUT2D eigenvalue weighted by Crippen LogP contribution is 2.14. The maximum atomic E-state index is 5.27. The Morgan fingerprint density at radius 1 is 1.60 bits per heavy atom. The largest absolute Gasteiger partial charge is 0.505 e. The Morgan fingerprint density at radius 3 is 3.10 bits per heavy atom. The average Bonchev–Trinajstić information content (AvgIpc) is 2.03. The maximum Gasteiger partial charge on any atom is 0.0788 e. The van der Waals surface area contributed by atoms with Crippen molar-refractivity contribution in [3.05, 3.63) is 12.3 Å². The van der Waals surface area contributed by atoms with E-state index in [1.807, 2.05) is 0 Å². The molecule has 0 N–H and O–H groups in total. The molecule has 1 aliphatic heterocycles. The molecule has 10 heavy (non-hydrogen) atoms. The van der Waals surface area contributed by atoms with Gasteiger partial charge in [0, 0.05) is 12.5 Å². The predicted octanol–water partition coefficient (Wildman–Crippen LogP) is 1.57. The molecule has 1 heterocycles. The molecule has 2 heteroatoms. The summed E-state index contributed by atoms with van der Waals surface area (Å²) in [7, 11) is 1.67. The van der Waals surface area contributed by atoms with E-state index in [1.54, 1.807) is 13.4 Å². The molecule has 1 saturated heterocycles. The molecule has 0 saturated carbocycles. The van der Waals surface area contributed by atoms with Gasteiger partial charge in [0.15, 0.2) is 0 Å². The van der Waals surface area contributed by atoms with Crippen LogP contribution in [0.4, 0.5) is 0 Å². The van der Waals surface area contributed by atoms with Crippen LogP contribution < -0.4 is 0 Å². The Kier molecular flexibility index (Phi) is 3.30. The van der Waals surface area contributed by atoms with E-state index in [1.165, 1.54) is 12.8 Å². The van der Waals surface area contributed by atoms with Crippen molar-refractivity contribution in [3.8, 4) is 0 Å². The number of ether oxygens (including phenoxy) is 2. The normalized spacial score (nSPS) is 27.1. The van der Waals surface area contributed by atoms with Gasteiger partial charge in [-0.1, -0.05) is 0 Å². The molecule has 1 fully saturated rings. The highest BCUT2D eigenvalue weighted by atomic mass is 16.5. The zero-order valence-electron chi connectivity index (χ0n) is 6.38. The molecule has 1 aliphatic rings. The summed E-state index contributed by atoms with van der Waals surface area (Å²) in [6, 6.07) is 0. The number of hydrogen-bond donors (Lipinski definition) is 0. The van der Waals surface area contributed by atoms with Crippen molar-refractivity contribution in [1.29, 1.82) is 0 Å². The third-order valence-corrected chi connectivity index (χ3v) is 1.68. The minimum Gasteiger partial charge on any atom is -0.505 e. The molecule has 0 spiro atoms. The lowest BCUT2D eigenvalue weighted by Gasteiger charge is -2.18. The van der Waals surface area contributed by atoms with Gasteiger partial charge in [-0.3, -0.25) is 0 Å². The standard InChI is InChI=1S/C8H14O2/c1-9-6-4-8-3-2-5-10-7-8/h4,6,8H,2-3,5,7H2,1H3/b6-4+. The van der Waals surface area contributed by atoms with Crippen LogP contribution >= 0.6 is 0 Å². The van der Waals surface area contributed by atoms with Crippen LogP contribution in [0.1, 0.15) is 12.8 Å². The van der Waals surface area contributed by atoms with Crippen LogP contribution in [0.5, 0.6) is 0 Å². The van der Waals surface area contributed by atoms with E-state index in [9.17, 15) is 0 Å². The number of methoxy groups -OCH3 is 1. The second-order valence-electron chi connectivity index (χ2n) is 2.54. The van der Waals surface area contributed by atoms with Crippen LogP contribution in [0.3, 0.4) is 0 Å². The van der Waals surface area contributed by atoms with Gasteiger partial charge in [-0.05, 0) is 18.9 Å². The van der Waals surface area contributed by atoms with E-state index in [0.29, 0.717) is 5.92 Å². The van der Waals surface area contributed by atoms with Gasteiger partial charge in [-0.25, -0.2) is 0 Å². The van der Waals surface area contributed by atoms with Gasteiger partial charge in [-0.2, -0.15) is 0 Å². The molecular formula is C8H14O2. The lowest BCUT2D eigenvalue weighted by molar-refractivity contribution is 0.0702. The highest BCUT2D eigenvalue weighted by Gasteiger charge is 2.09. The van der Waals surface area contributed by atoms with Crippen molar-refractivity contribution in [1.82, 2.24) is 0 Å². The number of rotatable bonds is 2. The van der Waals surface area contributed by atoms with Crippen LogP contribution in [0, 0.1) is 5.92 Å². The van der Waals surface area contributed by atoms with Crippen LogP contribution in [-0.4, -0.2) is 20.3 Å². The van der Waals surface area contributed by atoms with Crippen molar-refractivity contribution < 1.29 is 9.47 Å². The van der Waals surface area contributed by atoms with Crippen LogP contribution in [-0.2, 0) is 9.47 Å². The van der Waals surface area contributed by atoms with Gasteiger partial charge in [-0.15, -0.1) is 0 Å². The van der Waals surface area contributed by atoms with Gasteiger partial charge in [0.2, 0.25) is 0 Å². The van der Waals surface area contributed by atoms with Gasteiger partial charge in [0.05, 0.1) is 20.0 Å². The molecule has 0 bridgehead atoms. The van der Waals surface area contributed by atoms with Crippen molar-refractivity contribution in [2.75, 3.05) is 20.3 Å². The van der Waals surface area contributed by atoms with Crippen molar-refractivity contribution in [2.45, 2.75) is 12.8 Å². The first-order valence-corrected chi connectivity index (χ1v) is 3.70. The summed E-state index contributed by atoms with van der Waals surface area (Å²) < 4.78 is 10.1. The Labute approximate surface area is 61.8 Å². The average molecular weight is 142 g/mol.